The SMILES string of the molecule is CCn1ncc(N(C)CCN)cc1=O. The molecule has 5 heteroatoms. The molecular weight excluding hydrogens is 180 g/mol. The van der Waals surface area contributed by atoms with Crippen molar-refractivity contribution in [1.29, 1.82) is 0 Å². The summed E-state index contributed by atoms with van der Waals surface area (Å²) in [6.45, 7) is 3.77. The number of aryl methyl sites for hydroxylation is 1. The van der Waals surface area contributed by atoms with Gasteiger partial charge in [0.15, 0.2) is 0 Å². The Balaban J connectivity index is 2.91. The lowest BCUT2D eigenvalue weighted by Crippen LogP contribution is -2.28. The molecule has 2 N–H and O–H groups in total. The smallest absolute Gasteiger partial charge is 0.268 e. The summed E-state index contributed by atoms with van der Waals surface area (Å²) in [5.74, 6) is 0. The predicted octanol–water partition coefficient (Wildman–Crippen LogP) is -0.342. The van der Waals surface area contributed by atoms with Crippen LogP contribution in [-0.2, 0) is 6.54 Å². The van der Waals surface area contributed by atoms with Gasteiger partial charge < -0.3 is 10.6 Å². The quantitative estimate of drug-likeness (QED) is 0.715. The van der Waals surface area contributed by atoms with E-state index in [2.05, 4.69) is 5.10 Å². The molecule has 0 saturated carbocycles. The number of rotatable bonds is 4. The Morgan fingerprint density at radius 3 is 2.86 bits per heavy atom. The summed E-state index contributed by atoms with van der Waals surface area (Å²) in [5.41, 5.74) is 6.15. The van der Waals surface area contributed by atoms with E-state index in [0.717, 1.165) is 12.2 Å². The van der Waals surface area contributed by atoms with Crippen LogP contribution in [0.5, 0.6) is 0 Å². The molecule has 1 rings (SSSR count). The van der Waals surface area contributed by atoms with E-state index in [1.165, 1.54) is 4.68 Å². The molecule has 1 aromatic heterocycles. The second kappa shape index (κ2) is 4.76. The molecule has 1 heterocycles. The van der Waals surface area contributed by atoms with Crippen molar-refractivity contribution in [2.75, 3.05) is 25.0 Å². The van der Waals surface area contributed by atoms with Gasteiger partial charge in [-0.15, -0.1) is 0 Å². The molecule has 0 radical (unpaired) electrons. The number of aromatic nitrogens is 2. The van der Waals surface area contributed by atoms with Crippen molar-refractivity contribution < 1.29 is 0 Å². The topological polar surface area (TPSA) is 64.2 Å². The second-order valence-electron chi connectivity index (χ2n) is 3.08. The Bertz CT molecular complexity index is 347. The Labute approximate surface area is 83.1 Å². The molecular formula is C9H16N4O. The molecule has 0 amide bonds. The lowest BCUT2D eigenvalue weighted by atomic mass is 10.4. The molecule has 0 fully saturated rings. The molecule has 0 aliphatic carbocycles. The van der Waals surface area contributed by atoms with Crippen LogP contribution in [0.15, 0.2) is 17.1 Å². The number of anilines is 1. The average Bonchev–Trinajstić information content (AvgIpc) is 2.18. The maximum Gasteiger partial charge on any atom is 0.268 e. The Morgan fingerprint density at radius 2 is 2.36 bits per heavy atom. The highest BCUT2D eigenvalue weighted by Crippen LogP contribution is 2.05. The van der Waals surface area contributed by atoms with Crippen molar-refractivity contribution in [3.8, 4) is 0 Å². The summed E-state index contributed by atoms with van der Waals surface area (Å²) < 4.78 is 1.42. The van der Waals surface area contributed by atoms with Crippen LogP contribution in [0.1, 0.15) is 6.92 Å². The first kappa shape index (κ1) is 10.7. The zero-order chi connectivity index (χ0) is 10.6. The van der Waals surface area contributed by atoms with Crippen molar-refractivity contribution in [1.82, 2.24) is 9.78 Å². The molecule has 0 bridgehead atoms. The minimum absolute atomic E-state index is 0.0751. The molecule has 78 valence electrons. The fourth-order valence-electron chi connectivity index (χ4n) is 1.19. The third-order valence-corrected chi connectivity index (χ3v) is 2.06. The Morgan fingerprint density at radius 1 is 1.64 bits per heavy atom. The fourth-order valence-corrected chi connectivity index (χ4v) is 1.19. The first-order valence-electron chi connectivity index (χ1n) is 4.67. The molecule has 0 atom stereocenters. The van der Waals surface area contributed by atoms with Gasteiger partial charge in [-0.25, -0.2) is 4.68 Å². The summed E-state index contributed by atoms with van der Waals surface area (Å²) in [6.07, 6.45) is 1.68. The summed E-state index contributed by atoms with van der Waals surface area (Å²) in [6, 6.07) is 1.58. The van der Waals surface area contributed by atoms with Crippen LogP contribution in [0.4, 0.5) is 5.69 Å². The van der Waals surface area contributed by atoms with Gasteiger partial charge in [-0.05, 0) is 6.92 Å². The molecule has 14 heavy (non-hydrogen) atoms. The summed E-state index contributed by atoms with van der Waals surface area (Å²) in [5, 5.41) is 4.02. The van der Waals surface area contributed by atoms with Gasteiger partial charge in [0.05, 0.1) is 11.9 Å². The summed E-state index contributed by atoms with van der Waals surface area (Å²) >= 11 is 0. The van der Waals surface area contributed by atoms with Gasteiger partial charge in [0.1, 0.15) is 0 Å². The third kappa shape index (κ3) is 2.32. The van der Waals surface area contributed by atoms with E-state index >= 15 is 0 Å². The van der Waals surface area contributed by atoms with Crippen molar-refractivity contribution >= 4 is 5.69 Å². The highest BCUT2D eigenvalue weighted by Gasteiger charge is 2.02. The number of nitrogens with two attached hydrogens (primary N) is 1. The van der Waals surface area contributed by atoms with Crippen molar-refractivity contribution in [2.45, 2.75) is 13.5 Å². The average molecular weight is 196 g/mol. The molecule has 0 saturated heterocycles. The first-order chi connectivity index (χ1) is 6.69. The maximum absolute atomic E-state index is 11.4. The standard InChI is InChI=1S/C9H16N4O/c1-3-13-9(14)6-8(7-11-13)12(2)5-4-10/h6-7H,3-5,10H2,1-2H3. The van der Waals surface area contributed by atoms with Crippen LogP contribution in [0.25, 0.3) is 0 Å². The minimum atomic E-state index is -0.0751. The van der Waals surface area contributed by atoms with E-state index < -0.39 is 0 Å². The number of nitrogens with zero attached hydrogens (tertiary/aromatic N) is 3. The first-order valence-corrected chi connectivity index (χ1v) is 4.67. The van der Waals surface area contributed by atoms with E-state index in [0.29, 0.717) is 13.1 Å². The highest BCUT2D eigenvalue weighted by molar-refractivity contribution is 5.41. The van der Waals surface area contributed by atoms with E-state index in [1.807, 2.05) is 18.9 Å². The molecule has 0 aliphatic rings. The van der Waals surface area contributed by atoms with E-state index in [4.69, 9.17) is 5.73 Å². The largest absolute Gasteiger partial charge is 0.372 e. The van der Waals surface area contributed by atoms with Gasteiger partial charge in [0, 0.05) is 32.7 Å². The van der Waals surface area contributed by atoms with E-state index in [-0.39, 0.29) is 5.56 Å². The number of hydrogen-bond donors (Lipinski definition) is 1. The Kier molecular flexibility index (Phi) is 3.64. The zero-order valence-electron chi connectivity index (χ0n) is 8.60. The monoisotopic (exact) mass is 196 g/mol. The fraction of sp³-hybridized carbons (Fsp3) is 0.556. The normalized spacial score (nSPS) is 10.2. The number of likely N-dealkylation sites (N-methyl/N-ethyl adjacent to an activating group) is 1. The lowest BCUT2D eigenvalue weighted by Gasteiger charge is -2.17. The van der Waals surface area contributed by atoms with Crippen molar-refractivity contribution in [3.63, 3.8) is 0 Å². The van der Waals surface area contributed by atoms with Crippen LogP contribution in [-0.4, -0.2) is 29.9 Å². The predicted molar refractivity (Wildman–Crippen MR) is 56.5 cm³/mol. The lowest BCUT2D eigenvalue weighted by molar-refractivity contribution is 0.614. The van der Waals surface area contributed by atoms with Crippen LogP contribution >= 0.6 is 0 Å². The summed E-state index contributed by atoms with van der Waals surface area (Å²) in [7, 11) is 1.89. The maximum atomic E-state index is 11.4. The van der Waals surface area contributed by atoms with Crippen LogP contribution in [0.2, 0.25) is 0 Å². The van der Waals surface area contributed by atoms with Gasteiger partial charge in [0.2, 0.25) is 0 Å². The minimum Gasteiger partial charge on any atom is -0.372 e. The van der Waals surface area contributed by atoms with E-state index in [1.54, 1.807) is 12.3 Å². The highest BCUT2D eigenvalue weighted by atomic mass is 16.1. The molecule has 0 spiro atoms. The zero-order valence-corrected chi connectivity index (χ0v) is 8.60. The van der Waals surface area contributed by atoms with Crippen molar-refractivity contribution in [2.24, 2.45) is 5.73 Å². The molecule has 5 nitrogen and oxygen atoms in total. The molecule has 0 aliphatic heterocycles. The third-order valence-electron chi connectivity index (χ3n) is 2.06. The van der Waals surface area contributed by atoms with Crippen LogP contribution in [0.3, 0.4) is 0 Å². The van der Waals surface area contributed by atoms with Gasteiger partial charge in [0.25, 0.3) is 5.56 Å². The molecule has 1 aromatic rings. The van der Waals surface area contributed by atoms with Gasteiger partial charge >= 0.3 is 0 Å². The molecule has 0 unspecified atom stereocenters. The van der Waals surface area contributed by atoms with Crippen LogP contribution < -0.4 is 16.2 Å². The summed E-state index contributed by atoms with van der Waals surface area (Å²) in [4.78, 5) is 13.3. The second-order valence-corrected chi connectivity index (χ2v) is 3.08. The van der Waals surface area contributed by atoms with Crippen LogP contribution in [0, 0.1) is 0 Å². The molecule has 0 aromatic carbocycles. The van der Waals surface area contributed by atoms with Gasteiger partial charge in [-0.3, -0.25) is 4.79 Å². The van der Waals surface area contributed by atoms with Gasteiger partial charge in [-0.1, -0.05) is 0 Å². The Hall–Kier alpha value is -1.36. The van der Waals surface area contributed by atoms with Crippen molar-refractivity contribution in [3.05, 3.63) is 22.6 Å². The van der Waals surface area contributed by atoms with E-state index in [9.17, 15) is 4.79 Å². The number of hydrogen-bond acceptors (Lipinski definition) is 4. The van der Waals surface area contributed by atoms with Gasteiger partial charge in [-0.2, -0.15) is 5.10 Å².